The Bertz CT molecular complexity index is 1260. The fourth-order valence-electron chi connectivity index (χ4n) is 4.73. The summed E-state index contributed by atoms with van der Waals surface area (Å²) >= 11 is 0. The minimum absolute atomic E-state index is 0.0632. The van der Waals surface area contributed by atoms with Crippen LogP contribution in [0.2, 0.25) is 0 Å². The van der Waals surface area contributed by atoms with Crippen LogP contribution in [0.1, 0.15) is 16.8 Å². The summed E-state index contributed by atoms with van der Waals surface area (Å²) in [5.74, 6) is 1.17. The number of sulfone groups is 1. The standard InChI is InChI=1S/C25H28N4O4S/c1-33-22-9-7-19(8-10-22)24-23(17-29(26-24)20-5-3-2-4-6-20)25(30)28-14-12-27(13-15-28)21-11-16-34(31,32)18-21/h2-10,17,21H,11-16,18H2,1H3/t21-/m1/s1. The monoisotopic (exact) mass is 480 g/mol. The van der Waals surface area contributed by atoms with Crippen LogP contribution in [-0.2, 0) is 9.84 Å². The number of nitrogens with zero attached hydrogens (tertiary/aromatic N) is 4. The third-order valence-electron chi connectivity index (χ3n) is 6.66. The van der Waals surface area contributed by atoms with E-state index in [0.717, 1.165) is 17.0 Å². The summed E-state index contributed by atoms with van der Waals surface area (Å²) in [7, 11) is -1.30. The van der Waals surface area contributed by atoms with E-state index in [1.807, 2.05) is 59.5 Å². The van der Waals surface area contributed by atoms with E-state index >= 15 is 0 Å². The van der Waals surface area contributed by atoms with Gasteiger partial charge in [-0.1, -0.05) is 18.2 Å². The number of rotatable bonds is 5. The lowest BCUT2D eigenvalue weighted by atomic mass is 10.1. The second kappa shape index (κ2) is 9.23. The van der Waals surface area contributed by atoms with Crippen LogP contribution in [0.3, 0.4) is 0 Å². The van der Waals surface area contributed by atoms with Crippen molar-refractivity contribution in [3.63, 3.8) is 0 Å². The molecule has 0 spiro atoms. The number of hydrogen-bond donors (Lipinski definition) is 0. The molecule has 1 amide bonds. The SMILES string of the molecule is COc1ccc(-c2nn(-c3ccccc3)cc2C(=O)N2CCN([C@@H]3CCS(=O)(=O)C3)CC2)cc1. The Morgan fingerprint density at radius 1 is 1.00 bits per heavy atom. The normalized spacial score (nSPS) is 20.4. The average Bonchev–Trinajstić information content (AvgIpc) is 3.48. The zero-order valence-electron chi connectivity index (χ0n) is 19.1. The highest BCUT2D eigenvalue weighted by Gasteiger charge is 2.35. The second-order valence-corrected chi connectivity index (χ2v) is 11.0. The van der Waals surface area contributed by atoms with Crippen molar-refractivity contribution in [2.75, 3.05) is 44.8 Å². The number of ether oxygens (including phenoxy) is 1. The second-order valence-electron chi connectivity index (χ2n) is 8.79. The zero-order chi connectivity index (χ0) is 23.7. The largest absolute Gasteiger partial charge is 0.497 e. The van der Waals surface area contributed by atoms with Crippen molar-refractivity contribution in [1.29, 1.82) is 0 Å². The van der Waals surface area contributed by atoms with Crippen LogP contribution in [0.4, 0.5) is 0 Å². The molecular formula is C25H28N4O4S. The lowest BCUT2D eigenvalue weighted by molar-refractivity contribution is 0.0588. The molecule has 2 fully saturated rings. The van der Waals surface area contributed by atoms with E-state index in [9.17, 15) is 13.2 Å². The van der Waals surface area contributed by atoms with Crippen LogP contribution in [-0.4, -0.2) is 84.7 Å². The molecule has 1 atom stereocenters. The van der Waals surface area contributed by atoms with Gasteiger partial charge in [-0.05, 0) is 42.8 Å². The lowest BCUT2D eigenvalue weighted by Gasteiger charge is -2.37. The lowest BCUT2D eigenvalue weighted by Crippen LogP contribution is -2.52. The van der Waals surface area contributed by atoms with Gasteiger partial charge in [-0.25, -0.2) is 13.1 Å². The van der Waals surface area contributed by atoms with Gasteiger partial charge in [-0.15, -0.1) is 0 Å². The molecular weight excluding hydrogens is 452 g/mol. The van der Waals surface area contributed by atoms with Gasteiger partial charge in [0.05, 0.1) is 29.9 Å². The molecule has 0 radical (unpaired) electrons. The quantitative estimate of drug-likeness (QED) is 0.558. The molecule has 34 heavy (non-hydrogen) atoms. The van der Waals surface area contributed by atoms with Crippen molar-refractivity contribution in [2.45, 2.75) is 12.5 Å². The van der Waals surface area contributed by atoms with Crippen LogP contribution < -0.4 is 4.74 Å². The van der Waals surface area contributed by atoms with Crippen LogP contribution in [0.5, 0.6) is 5.75 Å². The predicted octanol–water partition coefficient (Wildman–Crippen LogP) is 2.49. The van der Waals surface area contributed by atoms with Gasteiger partial charge in [0, 0.05) is 44.0 Å². The number of benzene rings is 2. The highest BCUT2D eigenvalue weighted by atomic mass is 32.2. The molecule has 0 aliphatic carbocycles. The number of amides is 1. The smallest absolute Gasteiger partial charge is 0.257 e. The summed E-state index contributed by atoms with van der Waals surface area (Å²) in [5.41, 5.74) is 2.89. The Balaban J connectivity index is 1.39. The van der Waals surface area contributed by atoms with Crippen molar-refractivity contribution in [2.24, 2.45) is 0 Å². The summed E-state index contributed by atoms with van der Waals surface area (Å²) < 4.78 is 30.7. The number of piperazine rings is 1. The minimum atomic E-state index is -2.92. The Morgan fingerprint density at radius 2 is 1.71 bits per heavy atom. The first-order valence-corrected chi connectivity index (χ1v) is 13.3. The Morgan fingerprint density at radius 3 is 2.32 bits per heavy atom. The maximum atomic E-state index is 13.6. The minimum Gasteiger partial charge on any atom is -0.497 e. The Kier molecular flexibility index (Phi) is 6.14. The molecule has 2 aliphatic rings. The van der Waals surface area contributed by atoms with Gasteiger partial charge in [-0.2, -0.15) is 5.10 Å². The number of aromatic nitrogens is 2. The van der Waals surface area contributed by atoms with Crippen molar-refractivity contribution < 1.29 is 17.9 Å². The molecule has 0 unspecified atom stereocenters. The molecule has 8 nitrogen and oxygen atoms in total. The molecule has 178 valence electrons. The van der Waals surface area contributed by atoms with Gasteiger partial charge in [-0.3, -0.25) is 9.69 Å². The van der Waals surface area contributed by atoms with Gasteiger partial charge in [0.25, 0.3) is 5.91 Å². The highest BCUT2D eigenvalue weighted by Crippen LogP contribution is 2.28. The molecule has 9 heteroatoms. The summed E-state index contributed by atoms with van der Waals surface area (Å²) in [4.78, 5) is 17.7. The Hall–Kier alpha value is -3.17. The van der Waals surface area contributed by atoms with E-state index in [0.29, 0.717) is 43.9 Å². The van der Waals surface area contributed by atoms with Gasteiger partial charge in [0.2, 0.25) is 0 Å². The number of methoxy groups -OCH3 is 1. The zero-order valence-corrected chi connectivity index (χ0v) is 19.9. The van der Waals surface area contributed by atoms with Crippen LogP contribution in [0.15, 0.2) is 60.8 Å². The number of carbonyl (C=O) groups excluding carboxylic acids is 1. The van der Waals surface area contributed by atoms with Gasteiger partial charge in [0.15, 0.2) is 9.84 Å². The first-order valence-electron chi connectivity index (χ1n) is 11.5. The number of carbonyl (C=O) groups is 1. The summed E-state index contributed by atoms with van der Waals surface area (Å²) in [5, 5.41) is 4.77. The van der Waals surface area contributed by atoms with Crippen LogP contribution in [0, 0.1) is 0 Å². The first kappa shape index (κ1) is 22.6. The molecule has 2 aromatic carbocycles. The molecule has 0 bridgehead atoms. The fraction of sp³-hybridized carbons (Fsp3) is 0.360. The van der Waals surface area contributed by atoms with Crippen LogP contribution >= 0.6 is 0 Å². The number of hydrogen-bond acceptors (Lipinski definition) is 6. The fourth-order valence-corrected chi connectivity index (χ4v) is 6.49. The topological polar surface area (TPSA) is 84.7 Å². The molecule has 2 saturated heterocycles. The van der Waals surface area contributed by atoms with Gasteiger partial charge < -0.3 is 9.64 Å². The predicted molar refractivity (Wildman–Crippen MR) is 130 cm³/mol. The van der Waals surface area contributed by atoms with E-state index in [-0.39, 0.29) is 23.5 Å². The van der Waals surface area contributed by atoms with Gasteiger partial charge >= 0.3 is 0 Å². The molecule has 5 rings (SSSR count). The number of para-hydroxylation sites is 1. The van der Waals surface area contributed by atoms with Crippen LogP contribution in [0.25, 0.3) is 16.9 Å². The van der Waals surface area contributed by atoms with Crippen molar-refractivity contribution in [1.82, 2.24) is 19.6 Å². The van der Waals surface area contributed by atoms with Crippen molar-refractivity contribution in [3.8, 4) is 22.7 Å². The molecule has 2 aliphatic heterocycles. The molecule has 1 aromatic heterocycles. The average molecular weight is 481 g/mol. The maximum Gasteiger partial charge on any atom is 0.257 e. The Labute approximate surface area is 199 Å². The van der Waals surface area contributed by atoms with E-state index in [4.69, 9.17) is 9.84 Å². The highest BCUT2D eigenvalue weighted by molar-refractivity contribution is 7.91. The molecule has 3 aromatic rings. The third-order valence-corrected chi connectivity index (χ3v) is 8.41. The first-order chi connectivity index (χ1) is 16.4. The summed E-state index contributed by atoms with van der Waals surface area (Å²) in [6.07, 6.45) is 2.48. The third kappa shape index (κ3) is 4.58. The van der Waals surface area contributed by atoms with Crippen molar-refractivity contribution >= 4 is 15.7 Å². The molecule has 3 heterocycles. The van der Waals surface area contributed by atoms with E-state index in [2.05, 4.69) is 4.90 Å². The van der Waals surface area contributed by atoms with E-state index in [1.54, 1.807) is 18.0 Å². The van der Waals surface area contributed by atoms with E-state index < -0.39 is 9.84 Å². The molecule has 0 N–H and O–H groups in total. The van der Waals surface area contributed by atoms with Gasteiger partial charge in [0.1, 0.15) is 11.4 Å². The summed E-state index contributed by atoms with van der Waals surface area (Å²) in [6.45, 7) is 2.48. The maximum absolute atomic E-state index is 13.6. The molecule has 0 saturated carbocycles. The van der Waals surface area contributed by atoms with E-state index in [1.165, 1.54) is 0 Å². The summed E-state index contributed by atoms with van der Waals surface area (Å²) in [6, 6.07) is 17.3. The van der Waals surface area contributed by atoms with Crippen molar-refractivity contribution in [3.05, 3.63) is 66.4 Å².